The average Bonchev–Trinajstić information content (AvgIpc) is 3.07. The number of nitrogens with zero attached hydrogens (tertiary/aromatic N) is 4. The third-order valence-electron chi connectivity index (χ3n) is 5.98. The number of carbonyl (C=O) groups excluding carboxylic acids is 1. The molecule has 7 heteroatoms. The number of carbonyl (C=O) groups is 1. The summed E-state index contributed by atoms with van der Waals surface area (Å²) >= 11 is 0. The molecule has 0 unspecified atom stereocenters. The van der Waals surface area contributed by atoms with E-state index in [4.69, 9.17) is 0 Å². The summed E-state index contributed by atoms with van der Waals surface area (Å²) in [7, 11) is 1.64. The number of likely N-dealkylation sites (tertiary alicyclic amines) is 1. The van der Waals surface area contributed by atoms with Crippen LogP contribution in [0.4, 0.5) is 0 Å². The van der Waals surface area contributed by atoms with Crippen LogP contribution >= 0.6 is 0 Å². The minimum atomic E-state index is -0.436. The van der Waals surface area contributed by atoms with Crippen molar-refractivity contribution >= 4 is 27.7 Å². The fraction of sp³-hybridized carbons (Fsp3) is 0.500. The Morgan fingerprint density at radius 2 is 1.93 bits per heavy atom. The van der Waals surface area contributed by atoms with Crippen LogP contribution in [-0.4, -0.2) is 51.3 Å². The number of hydrogen-bond donors (Lipinski definition) is 1. The second-order valence-electron chi connectivity index (χ2n) is 7.84. The summed E-state index contributed by atoms with van der Waals surface area (Å²) in [5.41, 5.74) is 1.26. The van der Waals surface area contributed by atoms with Crippen LogP contribution in [0.15, 0.2) is 35.3 Å². The van der Waals surface area contributed by atoms with E-state index in [9.17, 15) is 9.59 Å². The molecule has 2 aromatic heterocycles. The highest BCUT2D eigenvalue weighted by Crippen LogP contribution is 2.30. The number of piperidine rings is 1. The molecule has 1 aliphatic heterocycles. The Kier molecular flexibility index (Phi) is 5.67. The molecule has 3 heterocycles. The lowest BCUT2D eigenvalue weighted by Crippen LogP contribution is -2.40. The van der Waals surface area contributed by atoms with E-state index in [1.165, 1.54) is 23.9 Å². The van der Waals surface area contributed by atoms with Crippen LogP contribution in [0.25, 0.3) is 21.8 Å². The van der Waals surface area contributed by atoms with Gasteiger partial charge in [0, 0.05) is 30.9 Å². The number of benzene rings is 1. The topological polar surface area (TPSA) is 72.2 Å². The van der Waals surface area contributed by atoms with E-state index in [2.05, 4.69) is 15.3 Å². The molecule has 1 N–H and O–H groups in total. The number of aryl methyl sites for hydroxylation is 1. The van der Waals surface area contributed by atoms with Gasteiger partial charge in [0.1, 0.15) is 11.6 Å². The minimum absolute atomic E-state index is 0.0361. The minimum Gasteiger partial charge on any atom is -0.353 e. The molecule has 3 aromatic rings. The number of hydrogen-bond acceptors (Lipinski definition) is 4. The van der Waals surface area contributed by atoms with Crippen molar-refractivity contribution in [3.05, 3.63) is 40.8 Å². The second kappa shape index (κ2) is 8.37. The van der Waals surface area contributed by atoms with E-state index in [-0.39, 0.29) is 11.5 Å². The van der Waals surface area contributed by atoms with Gasteiger partial charge in [-0.05, 0) is 38.4 Å². The number of para-hydroxylation sites is 1. The zero-order valence-corrected chi connectivity index (χ0v) is 17.2. The van der Waals surface area contributed by atoms with E-state index in [0.29, 0.717) is 18.5 Å². The number of aromatic nitrogens is 3. The first-order valence-corrected chi connectivity index (χ1v) is 10.6. The van der Waals surface area contributed by atoms with Gasteiger partial charge in [0.05, 0.1) is 11.7 Å². The molecular formula is C22H29N5O2. The maximum absolute atomic E-state index is 13.1. The van der Waals surface area contributed by atoms with Crippen molar-refractivity contribution in [2.45, 2.75) is 38.6 Å². The molecule has 1 fully saturated rings. The Morgan fingerprint density at radius 1 is 1.17 bits per heavy atom. The standard InChI is InChI=1S/C22H29N5O2/c1-3-18(21(28)23-11-14-26-12-7-4-8-13-26)27-19-10-6-5-9-16(19)17-15-24-25(2)22(29)20(17)27/h5-6,9-10,15,18H,3-4,7-8,11-14H2,1-2H3,(H,23,28)/t18-/m0/s1. The smallest absolute Gasteiger partial charge is 0.291 e. The Labute approximate surface area is 170 Å². The molecule has 1 amide bonds. The molecule has 4 rings (SSSR count). The second-order valence-corrected chi connectivity index (χ2v) is 7.84. The van der Waals surface area contributed by atoms with E-state index in [0.717, 1.165) is 35.9 Å². The van der Waals surface area contributed by atoms with Crippen molar-refractivity contribution < 1.29 is 4.79 Å². The number of fused-ring (bicyclic) bond motifs is 3. The first-order valence-electron chi connectivity index (χ1n) is 10.6. The molecule has 1 aliphatic rings. The molecule has 7 nitrogen and oxygen atoms in total. The molecule has 0 radical (unpaired) electrons. The maximum Gasteiger partial charge on any atom is 0.291 e. The van der Waals surface area contributed by atoms with Gasteiger partial charge in [-0.25, -0.2) is 4.68 Å². The molecule has 1 aromatic carbocycles. The van der Waals surface area contributed by atoms with E-state index in [1.54, 1.807) is 13.2 Å². The number of rotatable bonds is 6. The number of nitrogens with one attached hydrogen (secondary N) is 1. The van der Waals surface area contributed by atoms with E-state index < -0.39 is 6.04 Å². The van der Waals surface area contributed by atoms with Crippen LogP contribution in [0.5, 0.6) is 0 Å². The van der Waals surface area contributed by atoms with Crippen molar-refractivity contribution in [1.82, 2.24) is 24.6 Å². The highest BCUT2D eigenvalue weighted by atomic mass is 16.2. The third kappa shape index (κ3) is 3.67. The lowest BCUT2D eigenvalue weighted by Gasteiger charge is -2.27. The average molecular weight is 396 g/mol. The largest absolute Gasteiger partial charge is 0.353 e. The van der Waals surface area contributed by atoms with Gasteiger partial charge < -0.3 is 14.8 Å². The van der Waals surface area contributed by atoms with Crippen molar-refractivity contribution in [2.75, 3.05) is 26.2 Å². The van der Waals surface area contributed by atoms with Crippen LogP contribution in [0.2, 0.25) is 0 Å². The summed E-state index contributed by atoms with van der Waals surface area (Å²) in [6.07, 6.45) is 6.11. The van der Waals surface area contributed by atoms with Gasteiger partial charge in [-0.3, -0.25) is 9.59 Å². The van der Waals surface area contributed by atoms with Gasteiger partial charge in [0.25, 0.3) is 5.56 Å². The molecule has 0 spiro atoms. The summed E-state index contributed by atoms with van der Waals surface area (Å²) < 4.78 is 3.24. The maximum atomic E-state index is 13.1. The van der Waals surface area contributed by atoms with Gasteiger partial charge in [0.2, 0.25) is 5.91 Å². The molecular weight excluding hydrogens is 366 g/mol. The third-order valence-corrected chi connectivity index (χ3v) is 5.98. The van der Waals surface area contributed by atoms with Gasteiger partial charge in [-0.2, -0.15) is 5.10 Å². The van der Waals surface area contributed by atoms with Crippen LogP contribution < -0.4 is 10.9 Å². The molecule has 154 valence electrons. The summed E-state index contributed by atoms with van der Waals surface area (Å²) in [5, 5.41) is 9.04. The summed E-state index contributed by atoms with van der Waals surface area (Å²) in [6, 6.07) is 7.41. The summed E-state index contributed by atoms with van der Waals surface area (Å²) in [4.78, 5) is 28.5. The van der Waals surface area contributed by atoms with Crippen LogP contribution in [0.3, 0.4) is 0 Å². The van der Waals surface area contributed by atoms with Gasteiger partial charge in [0.15, 0.2) is 0 Å². The molecule has 1 saturated heterocycles. The van der Waals surface area contributed by atoms with Gasteiger partial charge in [-0.15, -0.1) is 0 Å². The SMILES string of the molecule is CC[C@@H](C(=O)NCCN1CCCCC1)n1c2ccccc2c2cnn(C)c(=O)c21. The molecule has 0 saturated carbocycles. The normalized spacial score (nSPS) is 16.3. The van der Waals surface area contributed by atoms with Crippen molar-refractivity contribution in [1.29, 1.82) is 0 Å². The Hall–Kier alpha value is -2.67. The summed E-state index contributed by atoms with van der Waals surface area (Å²) in [5.74, 6) is -0.0361. The van der Waals surface area contributed by atoms with E-state index in [1.807, 2.05) is 35.8 Å². The zero-order valence-electron chi connectivity index (χ0n) is 17.2. The fourth-order valence-electron chi connectivity index (χ4n) is 4.44. The molecule has 1 atom stereocenters. The van der Waals surface area contributed by atoms with Crippen LogP contribution in [0.1, 0.15) is 38.6 Å². The van der Waals surface area contributed by atoms with Crippen molar-refractivity contribution in [3.8, 4) is 0 Å². The molecule has 29 heavy (non-hydrogen) atoms. The first kappa shape index (κ1) is 19.6. The van der Waals surface area contributed by atoms with E-state index >= 15 is 0 Å². The fourth-order valence-corrected chi connectivity index (χ4v) is 4.44. The first-order chi connectivity index (χ1) is 14.1. The quantitative estimate of drug-likeness (QED) is 0.696. The Balaban J connectivity index is 1.66. The predicted molar refractivity (Wildman–Crippen MR) is 115 cm³/mol. The van der Waals surface area contributed by atoms with Gasteiger partial charge >= 0.3 is 0 Å². The molecule has 0 bridgehead atoms. The highest BCUT2D eigenvalue weighted by Gasteiger charge is 2.25. The molecule has 0 aliphatic carbocycles. The van der Waals surface area contributed by atoms with Crippen molar-refractivity contribution in [3.63, 3.8) is 0 Å². The highest BCUT2D eigenvalue weighted by molar-refractivity contribution is 6.08. The monoisotopic (exact) mass is 395 g/mol. The number of amides is 1. The Bertz CT molecular complexity index is 1080. The predicted octanol–water partition coefficient (Wildman–Crippen LogP) is 2.44. The lowest BCUT2D eigenvalue weighted by molar-refractivity contribution is -0.124. The lowest BCUT2D eigenvalue weighted by atomic mass is 10.1. The summed E-state index contributed by atoms with van der Waals surface area (Å²) in [6.45, 7) is 5.72. The zero-order chi connectivity index (χ0) is 20.4. The van der Waals surface area contributed by atoms with Crippen LogP contribution in [-0.2, 0) is 11.8 Å². The van der Waals surface area contributed by atoms with Gasteiger partial charge in [-0.1, -0.05) is 31.5 Å². The Morgan fingerprint density at radius 3 is 2.69 bits per heavy atom. The van der Waals surface area contributed by atoms with Crippen molar-refractivity contribution in [2.24, 2.45) is 7.05 Å². The van der Waals surface area contributed by atoms with Crippen LogP contribution in [0, 0.1) is 0 Å².